The van der Waals surface area contributed by atoms with Crippen molar-refractivity contribution < 1.29 is 9.90 Å². The minimum atomic E-state index is -0.379. The van der Waals surface area contributed by atoms with Crippen LogP contribution in [0.15, 0.2) is 23.1 Å². The molecule has 5 nitrogen and oxygen atoms in total. The molecule has 1 aromatic rings. The first-order chi connectivity index (χ1) is 8.04. The van der Waals surface area contributed by atoms with E-state index in [1.807, 2.05) is 6.92 Å². The number of carbonyl (C=O) groups is 1. The summed E-state index contributed by atoms with van der Waals surface area (Å²) in [6.45, 7) is 2.32. The van der Waals surface area contributed by atoms with Crippen LogP contribution in [-0.4, -0.2) is 28.2 Å². The highest BCUT2D eigenvalue weighted by atomic mass is 16.3. The van der Waals surface area contributed by atoms with Crippen LogP contribution >= 0.6 is 0 Å². The second-order valence-corrected chi connectivity index (χ2v) is 3.97. The third kappa shape index (κ3) is 4.03. The van der Waals surface area contributed by atoms with Crippen molar-refractivity contribution in [2.75, 3.05) is 6.54 Å². The Kier molecular flexibility index (Phi) is 4.90. The SMILES string of the molecule is CCC(O)CCNC(=O)c1ccc(=O)n(C)c1. The second kappa shape index (κ2) is 6.20. The van der Waals surface area contributed by atoms with E-state index < -0.39 is 0 Å². The minimum Gasteiger partial charge on any atom is -0.393 e. The first kappa shape index (κ1) is 13.4. The van der Waals surface area contributed by atoms with Gasteiger partial charge >= 0.3 is 0 Å². The molecular weight excluding hydrogens is 220 g/mol. The number of aliphatic hydroxyl groups excluding tert-OH is 1. The lowest BCUT2D eigenvalue weighted by Gasteiger charge is -2.09. The lowest BCUT2D eigenvalue weighted by atomic mass is 10.2. The van der Waals surface area contributed by atoms with Crippen molar-refractivity contribution in [2.45, 2.75) is 25.9 Å². The number of rotatable bonds is 5. The molecule has 5 heteroatoms. The van der Waals surface area contributed by atoms with E-state index in [9.17, 15) is 14.7 Å². The van der Waals surface area contributed by atoms with Gasteiger partial charge in [0, 0.05) is 25.9 Å². The summed E-state index contributed by atoms with van der Waals surface area (Å²) in [6.07, 6.45) is 2.33. The van der Waals surface area contributed by atoms with Gasteiger partial charge in [0.2, 0.25) is 5.56 Å². The summed E-state index contributed by atoms with van der Waals surface area (Å²) >= 11 is 0. The quantitative estimate of drug-likeness (QED) is 0.773. The zero-order valence-electron chi connectivity index (χ0n) is 10.1. The minimum absolute atomic E-state index is 0.150. The summed E-state index contributed by atoms with van der Waals surface area (Å²) < 4.78 is 1.36. The second-order valence-electron chi connectivity index (χ2n) is 3.97. The molecular formula is C12H18N2O3. The zero-order chi connectivity index (χ0) is 12.8. The van der Waals surface area contributed by atoms with Gasteiger partial charge in [-0.25, -0.2) is 0 Å². The number of nitrogens with zero attached hydrogens (tertiary/aromatic N) is 1. The third-order valence-corrected chi connectivity index (χ3v) is 2.58. The highest BCUT2D eigenvalue weighted by Gasteiger charge is 2.07. The molecule has 0 saturated heterocycles. The number of aromatic nitrogens is 1. The van der Waals surface area contributed by atoms with Gasteiger partial charge in [0.15, 0.2) is 0 Å². The molecule has 0 aliphatic rings. The van der Waals surface area contributed by atoms with E-state index in [0.717, 1.165) is 0 Å². The number of carbonyl (C=O) groups excluding carboxylic acids is 1. The predicted octanol–water partition coefficient (Wildman–Crippen LogP) is 0.276. The van der Waals surface area contributed by atoms with E-state index in [2.05, 4.69) is 5.32 Å². The summed E-state index contributed by atoms with van der Waals surface area (Å²) in [4.78, 5) is 22.8. The Bertz CT molecular complexity index is 440. The fourth-order valence-electron chi connectivity index (χ4n) is 1.39. The number of hydrogen-bond acceptors (Lipinski definition) is 3. The van der Waals surface area contributed by atoms with Gasteiger partial charge in [0.25, 0.3) is 5.91 Å². The maximum absolute atomic E-state index is 11.7. The maximum atomic E-state index is 11.7. The molecule has 1 amide bonds. The number of amides is 1. The number of hydrogen-bond donors (Lipinski definition) is 2. The van der Waals surface area contributed by atoms with Crippen LogP contribution in [0.5, 0.6) is 0 Å². The van der Waals surface area contributed by atoms with E-state index in [1.165, 1.54) is 22.9 Å². The van der Waals surface area contributed by atoms with Gasteiger partial charge < -0.3 is 15.0 Å². The van der Waals surface area contributed by atoms with Crippen LogP contribution in [0.3, 0.4) is 0 Å². The van der Waals surface area contributed by atoms with E-state index in [4.69, 9.17) is 0 Å². The number of aliphatic hydroxyl groups is 1. The fraction of sp³-hybridized carbons (Fsp3) is 0.500. The van der Waals surface area contributed by atoms with E-state index >= 15 is 0 Å². The Morgan fingerprint density at radius 1 is 1.53 bits per heavy atom. The van der Waals surface area contributed by atoms with E-state index in [0.29, 0.717) is 24.9 Å². The number of nitrogens with one attached hydrogen (secondary N) is 1. The molecule has 0 aromatic carbocycles. The van der Waals surface area contributed by atoms with E-state index in [-0.39, 0.29) is 17.6 Å². The Hall–Kier alpha value is -1.62. The topological polar surface area (TPSA) is 71.3 Å². The van der Waals surface area contributed by atoms with Crippen LogP contribution < -0.4 is 10.9 Å². The fourth-order valence-corrected chi connectivity index (χ4v) is 1.39. The van der Waals surface area contributed by atoms with Crippen molar-refractivity contribution in [1.82, 2.24) is 9.88 Å². The normalized spacial score (nSPS) is 12.2. The molecule has 94 valence electrons. The highest BCUT2D eigenvalue weighted by molar-refractivity contribution is 5.93. The molecule has 1 atom stereocenters. The Labute approximate surface area is 100 Å². The molecule has 0 fully saturated rings. The first-order valence-corrected chi connectivity index (χ1v) is 5.67. The van der Waals surface area contributed by atoms with Crippen molar-refractivity contribution in [3.63, 3.8) is 0 Å². The average Bonchev–Trinajstić information content (AvgIpc) is 2.32. The van der Waals surface area contributed by atoms with Crippen molar-refractivity contribution >= 4 is 5.91 Å². The largest absolute Gasteiger partial charge is 0.393 e. The molecule has 1 aromatic heterocycles. The van der Waals surface area contributed by atoms with Gasteiger partial charge in [-0.05, 0) is 18.9 Å². The predicted molar refractivity (Wildman–Crippen MR) is 64.9 cm³/mol. The Morgan fingerprint density at radius 3 is 2.82 bits per heavy atom. The van der Waals surface area contributed by atoms with Crippen LogP contribution in [-0.2, 0) is 7.05 Å². The van der Waals surface area contributed by atoms with Crippen LogP contribution in [0, 0.1) is 0 Å². The molecule has 2 N–H and O–H groups in total. The van der Waals surface area contributed by atoms with Gasteiger partial charge in [-0.3, -0.25) is 9.59 Å². The zero-order valence-corrected chi connectivity index (χ0v) is 10.1. The summed E-state index contributed by atoms with van der Waals surface area (Å²) in [5, 5.41) is 12.0. The molecule has 0 radical (unpaired) electrons. The monoisotopic (exact) mass is 238 g/mol. The summed E-state index contributed by atoms with van der Waals surface area (Å²) in [5.74, 6) is -0.232. The standard InChI is InChI=1S/C12H18N2O3/c1-3-10(15)6-7-13-12(17)9-4-5-11(16)14(2)8-9/h4-5,8,10,15H,3,6-7H2,1-2H3,(H,13,17). The molecule has 1 heterocycles. The van der Waals surface area contributed by atoms with Crippen LogP contribution in [0.25, 0.3) is 0 Å². The van der Waals surface area contributed by atoms with Crippen LogP contribution in [0.2, 0.25) is 0 Å². The lowest BCUT2D eigenvalue weighted by molar-refractivity contribution is 0.0941. The van der Waals surface area contributed by atoms with Crippen molar-refractivity contribution in [3.8, 4) is 0 Å². The van der Waals surface area contributed by atoms with Gasteiger partial charge in [-0.1, -0.05) is 6.92 Å². The molecule has 0 aliphatic carbocycles. The number of pyridine rings is 1. The van der Waals surface area contributed by atoms with Gasteiger partial charge in [0.05, 0.1) is 11.7 Å². The van der Waals surface area contributed by atoms with Crippen molar-refractivity contribution in [1.29, 1.82) is 0 Å². The summed E-state index contributed by atoms with van der Waals surface area (Å²) in [6, 6.07) is 2.85. The Balaban J connectivity index is 2.52. The summed E-state index contributed by atoms with van der Waals surface area (Å²) in [5.41, 5.74) is 0.293. The van der Waals surface area contributed by atoms with Crippen molar-refractivity contribution in [3.05, 3.63) is 34.2 Å². The highest BCUT2D eigenvalue weighted by Crippen LogP contribution is 1.97. The molecule has 0 aliphatic heterocycles. The lowest BCUT2D eigenvalue weighted by Crippen LogP contribution is -2.28. The molecule has 17 heavy (non-hydrogen) atoms. The van der Waals surface area contributed by atoms with Gasteiger partial charge in [-0.15, -0.1) is 0 Å². The smallest absolute Gasteiger partial charge is 0.252 e. The molecule has 0 saturated carbocycles. The first-order valence-electron chi connectivity index (χ1n) is 5.67. The molecule has 0 bridgehead atoms. The van der Waals surface area contributed by atoms with Crippen LogP contribution in [0.4, 0.5) is 0 Å². The molecule has 1 rings (SSSR count). The van der Waals surface area contributed by atoms with Crippen LogP contribution in [0.1, 0.15) is 30.1 Å². The maximum Gasteiger partial charge on any atom is 0.252 e. The molecule has 1 unspecified atom stereocenters. The molecule has 0 spiro atoms. The van der Waals surface area contributed by atoms with E-state index in [1.54, 1.807) is 7.05 Å². The van der Waals surface area contributed by atoms with Gasteiger partial charge in [-0.2, -0.15) is 0 Å². The summed E-state index contributed by atoms with van der Waals surface area (Å²) in [7, 11) is 1.60. The average molecular weight is 238 g/mol. The van der Waals surface area contributed by atoms with Gasteiger partial charge in [0.1, 0.15) is 0 Å². The Morgan fingerprint density at radius 2 is 2.24 bits per heavy atom. The van der Waals surface area contributed by atoms with Crippen molar-refractivity contribution in [2.24, 2.45) is 7.05 Å². The number of aryl methyl sites for hydroxylation is 1. The third-order valence-electron chi connectivity index (χ3n) is 2.58.